The summed E-state index contributed by atoms with van der Waals surface area (Å²) >= 11 is 0. The first-order chi connectivity index (χ1) is 8.91. The second-order valence-electron chi connectivity index (χ2n) is 5.88. The summed E-state index contributed by atoms with van der Waals surface area (Å²) in [6.07, 6.45) is 0.627. The third-order valence-electron chi connectivity index (χ3n) is 4.51. The largest absolute Gasteiger partial charge is 0.379 e. The van der Waals surface area contributed by atoms with E-state index in [1.54, 1.807) is 0 Å². The first kappa shape index (κ1) is 14.7. The fourth-order valence-corrected chi connectivity index (χ4v) is 2.74. The molecule has 2 fully saturated rings. The summed E-state index contributed by atoms with van der Waals surface area (Å²) in [5.41, 5.74) is 8.02. The molecule has 2 aliphatic rings. The molecule has 110 valence electrons. The lowest BCUT2D eigenvalue weighted by atomic mass is 9.54. The Balaban J connectivity index is 1.95. The molecule has 0 bridgehead atoms. The van der Waals surface area contributed by atoms with Gasteiger partial charge in [-0.05, 0) is 6.92 Å². The number of carbonyl (C=O) groups excluding carboxylic acids is 1. The van der Waals surface area contributed by atoms with Crippen molar-refractivity contribution in [2.45, 2.75) is 38.8 Å². The van der Waals surface area contributed by atoms with E-state index in [1.165, 1.54) is 0 Å². The molecule has 1 aliphatic heterocycles. The summed E-state index contributed by atoms with van der Waals surface area (Å²) in [4.78, 5) is 12.4. The lowest BCUT2D eigenvalue weighted by Gasteiger charge is -2.57. The highest BCUT2D eigenvalue weighted by Crippen LogP contribution is 2.49. The number of nitrogens with one attached hydrogen (secondary N) is 1. The second-order valence-corrected chi connectivity index (χ2v) is 5.88. The number of rotatable bonds is 4. The summed E-state index contributed by atoms with van der Waals surface area (Å²) in [5, 5.41) is 1.88. The minimum atomic E-state index is -0.856. The highest BCUT2D eigenvalue weighted by molar-refractivity contribution is 5.88. The Hall–Kier alpha value is -0.690. The molecule has 2 rings (SSSR count). The molecular weight excluding hydrogens is 246 g/mol. The van der Waals surface area contributed by atoms with Crippen molar-refractivity contribution in [3.63, 3.8) is 0 Å². The second kappa shape index (κ2) is 5.36. The van der Waals surface area contributed by atoms with Crippen LogP contribution in [-0.2, 0) is 14.3 Å². The number of hydrogen-bond donors (Lipinski definition) is 2. The number of ether oxygens (including phenoxy) is 2. The van der Waals surface area contributed by atoms with Crippen molar-refractivity contribution in [1.82, 2.24) is 10.4 Å². The lowest BCUT2D eigenvalue weighted by molar-refractivity contribution is -0.175. The highest BCUT2D eigenvalue weighted by atomic mass is 16.5. The Morgan fingerprint density at radius 2 is 2.11 bits per heavy atom. The van der Waals surface area contributed by atoms with Crippen LogP contribution < -0.4 is 11.2 Å². The molecule has 0 aromatic heterocycles. The first-order valence-electron chi connectivity index (χ1n) is 6.96. The maximum absolute atomic E-state index is 12.4. The third kappa shape index (κ3) is 2.50. The van der Waals surface area contributed by atoms with E-state index in [0.29, 0.717) is 39.3 Å². The van der Waals surface area contributed by atoms with Gasteiger partial charge in [0.25, 0.3) is 5.91 Å². The fourth-order valence-electron chi connectivity index (χ4n) is 2.74. The van der Waals surface area contributed by atoms with E-state index in [-0.39, 0.29) is 17.4 Å². The van der Waals surface area contributed by atoms with Gasteiger partial charge in [-0.2, -0.15) is 0 Å². The quantitative estimate of drug-likeness (QED) is 0.745. The van der Waals surface area contributed by atoms with Crippen molar-refractivity contribution in [1.29, 1.82) is 0 Å². The van der Waals surface area contributed by atoms with E-state index in [0.717, 1.165) is 0 Å². The molecule has 6 nitrogen and oxygen atoms in total. The van der Waals surface area contributed by atoms with Crippen LogP contribution in [0.5, 0.6) is 0 Å². The molecule has 0 radical (unpaired) electrons. The molecular formula is C13H25N3O3. The molecule has 1 aliphatic carbocycles. The molecule has 2 unspecified atom stereocenters. The van der Waals surface area contributed by atoms with Crippen LogP contribution in [0.3, 0.4) is 0 Å². The Kier molecular flexibility index (Phi) is 4.15. The van der Waals surface area contributed by atoms with Gasteiger partial charge in [-0.1, -0.05) is 13.8 Å². The fraction of sp³-hybridized carbons (Fsp3) is 0.923. The Morgan fingerprint density at radius 1 is 1.47 bits per heavy atom. The molecule has 0 spiro atoms. The summed E-state index contributed by atoms with van der Waals surface area (Å²) in [6, 6.07) is 0. The topological polar surface area (TPSA) is 76.8 Å². The summed E-state index contributed by atoms with van der Waals surface area (Å²) in [6.45, 7) is 9.29. The zero-order valence-electron chi connectivity index (χ0n) is 12.1. The Labute approximate surface area is 114 Å². The smallest absolute Gasteiger partial charge is 0.255 e. The van der Waals surface area contributed by atoms with Gasteiger partial charge in [0.05, 0.1) is 19.3 Å². The monoisotopic (exact) mass is 271 g/mol. The van der Waals surface area contributed by atoms with E-state index in [4.69, 9.17) is 15.2 Å². The molecule has 19 heavy (non-hydrogen) atoms. The van der Waals surface area contributed by atoms with Gasteiger partial charge in [-0.3, -0.25) is 10.2 Å². The zero-order chi connectivity index (χ0) is 14.1. The predicted octanol–water partition coefficient (Wildman–Crippen LogP) is -0.118. The van der Waals surface area contributed by atoms with Crippen LogP contribution >= 0.6 is 0 Å². The van der Waals surface area contributed by atoms with Crippen molar-refractivity contribution >= 4 is 5.91 Å². The van der Waals surface area contributed by atoms with Gasteiger partial charge >= 0.3 is 0 Å². The van der Waals surface area contributed by atoms with E-state index in [9.17, 15) is 4.79 Å². The van der Waals surface area contributed by atoms with Gasteiger partial charge in [0.1, 0.15) is 5.54 Å². The molecule has 1 amide bonds. The number of nitrogens with two attached hydrogens (primary N) is 1. The SMILES string of the molecule is CCOC1CC(N)(C(=O)NN2CCOCC2)C1(C)C. The van der Waals surface area contributed by atoms with Crippen LogP contribution in [0.25, 0.3) is 0 Å². The molecule has 0 aromatic carbocycles. The van der Waals surface area contributed by atoms with Crippen molar-refractivity contribution in [2.24, 2.45) is 11.1 Å². The standard InChI is InChI=1S/C13H25N3O3/c1-4-19-10-9-13(14,12(10,2)3)11(17)15-16-5-7-18-8-6-16/h10H,4-9,14H2,1-3H3,(H,15,17). The number of nitrogens with zero attached hydrogens (tertiary/aromatic N) is 1. The average molecular weight is 271 g/mol. The van der Waals surface area contributed by atoms with E-state index in [2.05, 4.69) is 5.43 Å². The molecule has 3 N–H and O–H groups in total. The van der Waals surface area contributed by atoms with Crippen LogP contribution in [0.4, 0.5) is 0 Å². The number of hydrogen-bond acceptors (Lipinski definition) is 5. The van der Waals surface area contributed by atoms with Crippen LogP contribution in [-0.4, -0.2) is 55.5 Å². The molecule has 0 aromatic rings. The maximum Gasteiger partial charge on any atom is 0.255 e. The number of morpholine rings is 1. The van der Waals surface area contributed by atoms with Crippen LogP contribution in [0.15, 0.2) is 0 Å². The minimum absolute atomic E-state index is 0.0536. The maximum atomic E-state index is 12.4. The molecule has 1 saturated heterocycles. The minimum Gasteiger partial charge on any atom is -0.379 e. The zero-order valence-corrected chi connectivity index (χ0v) is 12.1. The van der Waals surface area contributed by atoms with Crippen LogP contribution in [0.1, 0.15) is 27.2 Å². The van der Waals surface area contributed by atoms with Crippen LogP contribution in [0, 0.1) is 5.41 Å². The van der Waals surface area contributed by atoms with Gasteiger partial charge < -0.3 is 15.2 Å². The predicted molar refractivity (Wildman–Crippen MR) is 71.3 cm³/mol. The molecule has 1 saturated carbocycles. The summed E-state index contributed by atoms with van der Waals surface area (Å²) < 4.78 is 10.9. The average Bonchev–Trinajstić information content (AvgIpc) is 2.39. The van der Waals surface area contributed by atoms with Gasteiger partial charge in [0.2, 0.25) is 0 Å². The number of carbonyl (C=O) groups is 1. The third-order valence-corrected chi connectivity index (χ3v) is 4.51. The lowest BCUT2D eigenvalue weighted by Crippen LogP contribution is -2.76. The summed E-state index contributed by atoms with van der Waals surface area (Å²) in [5.74, 6) is -0.115. The first-order valence-corrected chi connectivity index (χ1v) is 6.96. The molecule has 1 heterocycles. The van der Waals surface area contributed by atoms with Gasteiger partial charge in [-0.25, -0.2) is 5.01 Å². The Morgan fingerprint density at radius 3 is 2.63 bits per heavy atom. The van der Waals surface area contributed by atoms with Crippen molar-refractivity contribution < 1.29 is 14.3 Å². The van der Waals surface area contributed by atoms with Crippen LogP contribution in [0.2, 0.25) is 0 Å². The van der Waals surface area contributed by atoms with Crippen molar-refractivity contribution in [3.05, 3.63) is 0 Å². The normalized spacial score (nSPS) is 34.6. The molecule has 2 atom stereocenters. The number of hydrazine groups is 1. The van der Waals surface area contributed by atoms with Gasteiger partial charge in [0.15, 0.2) is 0 Å². The van der Waals surface area contributed by atoms with Crippen molar-refractivity contribution in [3.8, 4) is 0 Å². The highest BCUT2D eigenvalue weighted by Gasteiger charge is 2.63. The van der Waals surface area contributed by atoms with E-state index in [1.807, 2.05) is 25.8 Å². The van der Waals surface area contributed by atoms with Gasteiger partial charge in [0, 0.05) is 31.5 Å². The molecule has 6 heteroatoms. The number of amides is 1. The van der Waals surface area contributed by atoms with Crippen molar-refractivity contribution in [2.75, 3.05) is 32.9 Å². The summed E-state index contributed by atoms with van der Waals surface area (Å²) in [7, 11) is 0. The van der Waals surface area contributed by atoms with Gasteiger partial charge in [-0.15, -0.1) is 0 Å². The van der Waals surface area contributed by atoms with E-state index < -0.39 is 5.54 Å². The van der Waals surface area contributed by atoms with E-state index >= 15 is 0 Å². The Bertz CT molecular complexity index is 342.